The van der Waals surface area contributed by atoms with Gasteiger partial charge in [-0.3, -0.25) is 4.79 Å². The average molecular weight is 186 g/mol. The molecule has 0 saturated carbocycles. The van der Waals surface area contributed by atoms with Crippen molar-refractivity contribution in [3.63, 3.8) is 0 Å². The highest BCUT2D eigenvalue weighted by Crippen LogP contribution is 2.28. The summed E-state index contributed by atoms with van der Waals surface area (Å²) in [6.45, 7) is 8.70. The third-order valence-electron chi connectivity index (χ3n) is 2.51. The van der Waals surface area contributed by atoms with E-state index >= 15 is 0 Å². The molecule has 0 aliphatic heterocycles. The van der Waals surface area contributed by atoms with Crippen molar-refractivity contribution in [3.05, 3.63) is 0 Å². The van der Waals surface area contributed by atoms with Gasteiger partial charge in [0.2, 0.25) is 0 Å². The van der Waals surface area contributed by atoms with Crippen molar-refractivity contribution in [1.82, 2.24) is 0 Å². The molecule has 0 amide bonds. The maximum Gasteiger partial charge on any atom is 0.311 e. The molecule has 0 spiro atoms. The smallest absolute Gasteiger partial charge is 0.311 e. The van der Waals surface area contributed by atoms with Crippen LogP contribution in [0.5, 0.6) is 0 Å². The summed E-state index contributed by atoms with van der Waals surface area (Å²) in [5, 5.41) is 0. The lowest BCUT2D eigenvalue weighted by atomic mass is 9.83. The van der Waals surface area contributed by atoms with E-state index in [9.17, 15) is 4.79 Å². The number of hydrogen-bond acceptors (Lipinski definition) is 2. The Hall–Kier alpha value is -0.530. The quantitative estimate of drug-likeness (QED) is 0.596. The molecule has 0 aliphatic rings. The van der Waals surface area contributed by atoms with E-state index in [1.54, 1.807) is 0 Å². The highest BCUT2D eigenvalue weighted by Gasteiger charge is 2.31. The first-order chi connectivity index (χ1) is 6.10. The van der Waals surface area contributed by atoms with Crippen LogP contribution in [0.1, 0.15) is 53.4 Å². The normalized spacial score (nSPS) is 15.1. The molecule has 13 heavy (non-hydrogen) atoms. The maximum atomic E-state index is 11.6. The Bertz CT molecular complexity index is 154. The average Bonchev–Trinajstić information content (AvgIpc) is 2.14. The fraction of sp³-hybridized carbons (Fsp3) is 0.909. The zero-order valence-electron chi connectivity index (χ0n) is 9.35. The fourth-order valence-electron chi connectivity index (χ4n) is 1.34. The van der Waals surface area contributed by atoms with Crippen LogP contribution in [0, 0.1) is 5.41 Å². The number of hydrogen-bond donors (Lipinski definition) is 0. The van der Waals surface area contributed by atoms with Crippen molar-refractivity contribution in [1.29, 1.82) is 0 Å². The Morgan fingerprint density at radius 2 is 1.85 bits per heavy atom. The number of rotatable bonds is 6. The minimum absolute atomic E-state index is 0.0290. The molecule has 0 radical (unpaired) electrons. The lowest BCUT2D eigenvalue weighted by Gasteiger charge is -2.25. The van der Waals surface area contributed by atoms with Gasteiger partial charge in [0.1, 0.15) is 0 Å². The fourth-order valence-corrected chi connectivity index (χ4v) is 1.34. The van der Waals surface area contributed by atoms with Gasteiger partial charge in [0.25, 0.3) is 0 Å². The molecule has 0 saturated heterocycles. The molecule has 1 unspecified atom stereocenters. The molecule has 0 N–H and O–H groups in total. The van der Waals surface area contributed by atoms with Crippen LogP contribution in [0.3, 0.4) is 0 Å². The predicted octanol–water partition coefficient (Wildman–Crippen LogP) is 3.16. The Balaban J connectivity index is 4.12. The second-order valence-electron chi connectivity index (χ2n) is 3.80. The van der Waals surface area contributed by atoms with E-state index in [0.717, 1.165) is 25.7 Å². The summed E-state index contributed by atoms with van der Waals surface area (Å²) < 4.78 is 5.16. The van der Waals surface area contributed by atoms with Crippen LogP contribution in [0.15, 0.2) is 0 Å². The molecular formula is C11H22O2. The van der Waals surface area contributed by atoms with Crippen LogP contribution in [-0.4, -0.2) is 12.6 Å². The van der Waals surface area contributed by atoms with E-state index in [1.165, 1.54) is 0 Å². The molecule has 1 atom stereocenters. The minimum atomic E-state index is -0.260. The first-order valence-electron chi connectivity index (χ1n) is 5.28. The van der Waals surface area contributed by atoms with Gasteiger partial charge in [0.05, 0.1) is 12.0 Å². The summed E-state index contributed by atoms with van der Waals surface area (Å²) >= 11 is 0. The molecular weight excluding hydrogens is 164 g/mol. The molecule has 2 nitrogen and oxygen atoms in total. The van der Waals surface area contributed by atoms with Crippen LogP contribution in [-0.2, 0) is 9.53 Å². The monoisotopic (exact) mass is 186 g/mol. The molecule has 0 fully saturated rings. The van der Waals surface area contributed by atoms with Crippen molar-refractivity contribution in [3.8, 4) is 0 Å². The topological polar surface area (TPSA) is 26.3 Å². The van der Waals surface area contributed by atoms with E-state index in [1.807, 2.05) is 20.8 Å². The van der Waals surface area contributed by atoms with E-state index in [0.29, 0.717) is 6.61 Å². The number of carbonyl (C=O) groups is 1. The zero-order chi connectivity index (χ0) is 10.3. The second-order valence-corrected chi connectivity index (χ2v) is 3.80. The summed E-state index contributed by atoms with van der Waals surface area (Å²) in [6.07, 6.45) is 3.72. The number of esters is 1. The van der Waals surface area contributed by atoms with E-state index < -0.39 is 0 Å². The van der Waals surface area contributed by atoms with Crippen LogP contribution in [0.2, 0.25) is 0 Å². The van der Waals surface area contributed by atoms with Crippen molar-refractivity contribution in [2.24, 2.45) is 5.41 Å². The van der Waals surface area contributed by atoms with Crippen molar-refractivity contribution in [2.75, 3.05) is 6.61 Å². The molecule has 0 rings (SSSR count). The SMILES string of the molecule is CCCOC(=O)C(C)(CC)CCC. The van der Waals surface area contributed by atoms with Gasteiger partial charge in [-0.15, -0.1) is 0 Å². The summed E-state index contributed by atoms with van der Waals surface area (Å²) in [7, 11) is 0. The highest BCUT2D eigenvalue weighted by atomic mass is 16.5. The summed E-state index contributed by atoms with van der Waals surface area (Å²) in [5.41, 5.74) is -0.260. The molecule has 78 valence electrons. The van der Waals surface area contributed by atoms with Crippen molar-refractivity contribution in [2.45, 2.75) is 53.4 Å². The van der Waals surface area contributed by atoms with Gasteiger partial charge < -0.3 is 4.74 Å². The number of ether oxygens (including phenoxy) is 1. The summed E-state index contributed by atoms with van der Waals surface area (Å²) in [5.74, 6) is -0.0290. The van der Waals surface area contributed by atoms with Crippen molar-refractivity contribution < 1.29 is 9.53 Å². The molecule has 0 bridgehead atoms. The van der Waals surface area contributed by atoms with E-state index in [2.05, 4.69) is 6.92 Å². The largest absolute Gasteiger partial charge is 0.465 e. The Morgan fingerprint density at radius 3 is 2.23 bits per heavy atom. The highest BCUT2D eigenvalue weighted by molar-refractivity contribution is 5.76. The Morgan fingerprint density at radius 1 is 1.23 bits per heavy atom. The van der Waals surface area contributed by atoms with Crippen LogP contribution >= 0.6 is 0 Å². The molecule has 0 aromatic heterocycles. The molecule has 0 aromatic rings. The van der Waals surface area contributed by atoms with Gasteiger partial charge in [-0.2, -0.15) is 0 Å². The van der Waals surface area contributed by atoms with Gasteiger partial charge in [-0.25, -0.2) is 0 Å². The minimum Gasteiger partial charge on any atom is -0.465 e. The van der Waals surface area contributed by atoms with E-state index in [4.69, 9.17) is 4.74 Å². The first kappa shape index (κ1) is 12.5. The second kappa shape index (κ2) is 6.01. The van der Waals surface area contributed by atoms with Gasteiger partial charge in [0.15, 0.2) is 0 Å². The van der Waals surface area contributed by atoms with Crippen LogP contribution in [0.4, 0.5) is 0 Å². The summed E-state index contributed by atoms with van der Waals surface area (Å²) in [4.78, 5) is 11.6. The third kappa shape index (κ3) is 3.79. The van der Waals surface area contributed by atoms with E-state index in [-0.39, 0.29) is 11.4 Å². The summed E-state index contributed by atoms with van der Waals surface area (Å²) in [6, 6.07) is 0. The Kier molecular flexibility index (Phi) is 5.76. The van der Waals surface area contributed by atoms with Crippen molar-refractivity contribution >= 4 is 5.97 Å². The van der Waals surface area contributed by atoms with Crippen LogP contribution < -0.4 is 0 Å². The maximum absolute atomic E-state index is 11.6. The lowest BCUT2D eigenvalue weighted by Crippen LogP contribution is -2.29. The molecule has 0 aliphatic carbocycles. The third-order valence-corrected chi connectivity index (χ3v) is 2.51. The lowest BCUT2D eigenvalue weighted by molar-refractivity contribution is -0.155. The molecule has 2 heteroatoms. The molecule has 0 aromatic carbocycles. The zero-order valence-corrected chi connectivity index (χ0v) is 9.35. The van der Waals surface area contributed by atoms with Gasteiger partial charge in [-0.1, -0.05) is 27.2 Å². The van der Waals surface area contributed by atoms with Crippen LogP contribution in [0.25, 0.3) is 0 Å². The standard InChI is InChI=1S/C11H22O2/c1-5-8-11(4,7-3)10(12)13-9-6-2/h5-9H2,1-4H3. The predicted molar refractivity (Wildman–Crippen MR) is 54.6 cm³/mol. The number of carbonyl (C=O) groups excluding carboxylic acids is 1. The first-order valence-corrected chi connectivity index (χ1v) is 5.28. The van der Waals surface area contributed by atoms with Gasteiger partial charge in [-0.05, 0) is 26.2 Å². The Labute approximate surface area is 81.7 Å². The van der Waals surface area contributed by atoms with Gasteiger partial charge in [0, 0.05) is 0 Å². The van der Waals surface area contributed by atoms with Gasteiger partial charge >= 0.3 is 5.97 Å². The molecule has 0 heterocycles.